The summed E-state index contributed by atoms with van der Waals surface area (Å²) in [6.07, 6.45) is 2.29. The minimum absolute atomic E-state index is 0.144. The van der Waals surface area contributed by atoms with Gasteiger partial charge in [-0.15, -0.1) is 11.3 Å². The molecule has 1 unspecified atom stereocenters. The van der Waals surface area contributed by atoms with E-state index in [1.807, 2.05) is 30.3 Å². The smallest absolute Gasteiger partial charge is 0.155 e. The van der Waals surface area contributed by atoms with Crippen LogP contribution in [0.1, 0.15) is 29.3 Å². The highest BCUT2D eigenvalue weighted by Crippen LogP contribution is 2.34. The summed E-state index contributed by atoms with van der Waals surface area (Å²) in [4.78, 5) is 3.69. The Morgan fingerprint density at radius 1 is 1.14 bits per heavy atom. The lowest BCUT2D eigenvalue weighted by atomic mass is 10.2. The largest absolute Gasteiger partial charge is 0.295 e. The van der Waals surface area contributed by atoms with E-state index in [9.17, 15) is 8.42 Å². The van der Waals surface area contributed by atoms with Gasteiger partial charge in [0.25, 0.3) is 0 Å². The molecule has 1 aliphatic rings. The van der Waals surface area contributed by atoms with Crippen molar-refractivity contribution in [1.82, 2.24) is 4.90 Å². The summed E-state index contributed by atoms with van der Waals surface area (Å²) < 4.78 is 24.7. The maximum atomic E-state index is 12.3. The van der Waals surface area contributed by atoms with Crippen molar-refractivity contribution >= 4 is 21.2 Å². The van der Waals surface area contributed by atoms with Crippen LogP contribution in [0.25, 0.3) is 0 Å². The molecule has 1 fully saturated rings. The van der Waals surface area contributed by atoms with Crippen molar-refractivity contribution in [3.05, 3.63) is 58.3 Å². The van der Waals surface area contributed by atoms with Crippen molar-refractivity contribution in [3.8, 4) is 0 Å². The fraction of sp³-hybridized carbons (Fsp3) is 0.412. The van der Waals surface area contributed by atoms with Crippen LogP contribution in [0.4, 0.5) is 0 Å². The Hall–Kier alpha value is -1.17. The minimum atomic E-state index is -3.05. The highest BCUT2D eigenvalue weighted by molar-refractivity contribution is 7.90. The lowest BCUT2D eigenvalue weighted by Gasteiger charge is -2.23. The Bertz CT molecular complexity index is 681. The first kappa shape index (κ1) is 15.7. The Kier molecular flexibility index (Phi) is 4.96. The van der Waals surface area contributed by atoms with Crippen LogP contribution in [0.5, 0.6) is 0 Å². The molecule has 1 atom stereocenters. The van der Waals surface area contributed by atoms with Crippen molar-refractivity contribution in [1.29, 1.82) is 0 Å². The second kappa shape index (κ2) is 6.94. The highest BCUT2D eigenvalue weighted by atomic mass is 32.2. The number of nitrogens with zero attached hydrogens (tertiary/aromatic N) is 1. The number of hydrogen-bond acceptors (Lipinski definition) is 4. The van der Waals surface area contributed by atoms with Gasteiger partial charge in [0.05, 0.1) is 11.5 Å². The van der Waals surface area contributed by atoms with Crippen LogP contribution in [0, 0.1) is 0 Å². The Balaban J connectivity index is 1.59. The standard InChI is InChI=1S/C17H21NO2S2/c19-22(20,14-15-6-2-1-3-7-15)13-11-18-10-4-8-16(18)17-9-5-12-21-17/h1-3,5-7,9,12,16H,4,8,10-11,13-14H2. The molecule has 0 amide bonds. The topological polar surface area (TPSA) is 37.4 Å². The second-order valence-electron chi connectivity index (χ2n) is 5.79. The van der Waals surface area contributed by atoms with Gasteiger partial charge in [-0.2, -0.15) is 0 Å². The molecule has 2 aromatic rings. The number of rotatable bonds is 6. The van der Waals surface area contributed by atoms with Crippen molar-refractivity contribution in [3.63, 3.8) is 0 Å². The average molecular weight is 335 g/mol. The molecule has 0 radical (unpaired) electrons. The molecule has 1 saturated heterocycles. The molecule has 1 aromatic heterocycles. The maximum absolute atomic E-state index is 12.3. The molecule has 5 heteroatoms. The van der Waals surface area contributed by atoms with Crippen molar-refractivity contribution in [2.45, 2.75) is 24.6 Å². The molecule has 3 nitrogen and oxygen atoms in total. The lowest BCUT2D eigenvalue weighted by molar-refractivity contribution is 0.276. The zero-order valence-corrected chi connectivity index (χ0v) is 14.2. The second-order valence-corrected chi connectivity index (χ2v) is 8.95. The van der Waals surface area contributed by atoms with E-state index in [0.29, 0.717) is 12.6 Å². The Labute approximate surface area is 136 Å². The molecule has 1 aliphatic heterocycles. The molecule has 22 heavy (non-hydrogen) atoms. The molecule has 0 saturated carbocycles. The van der Waals surface area contributed by atoms with Gasteiger partial charge < -0.3 is 0 Å². The molecule has 0 spiro atoms. The summed E-state index contributed by atoms with van der Waals surface area (Å²) >= 11 is 1.77. The first-order valence-corrected chi connectivity index (χ1v) is 10.4. The zero-order chi connectivity index (χ0) is 15.4. The fourth-order valence-electron chi connectivity index (χ4n) is 3.05. The van der Waals surface area contributed by atoms with E-state index in [1.165, 1.54) is 4.88 Å². The van der Waals surface area contributed by atoms with Gasteiger partial charge in [0.15, 0.2) is 9.84 Å². The summed E-state index contributed by atoms with van der Waals surface area (Å²) in [7, 11) is -3.05. The average Bonchev–Trinajstić information content (AvgIpc) is 3.17. The van der Waals surface area contributed by atoms with Crippen LogP contribution in [0.3, 0.4) is 0 Å². The van der Waals surface area contributed by atoms with Gasteiger partial charge in [-0.1, -0.05) is 36.4 Å². The predicted molar refractivity (Wildman–Crippen MR) is 91.8 cm³/mol. The SMILES string of the molecule is O=S(=O)(CCN1CCCC1c1cccs1)Cc1ccccc1. The number of hydrogen-bond donors (Lipinski definition) is 0. The quantitative estimate of drug-likeness (QED) is 0.811. The number of likely N-dealkylation sites (tertiary alicyclic amines) is 1. The third kappa shape index (κ3) is 3.97. The number of sulfone groups is 1. The normalized spacial score (nSPS) is 19.5. The highest BCUT2D eigenvalue weighted by Gasteiger charge is 2.27. The van der Waals surface area contributed by atoms with Gasteiger partial charge in [0.1, 0.15) is 0 Å². The Morgan fingerprint density at radius 2 is 1.95 bits per heavy atom. The van der Waals surface area contributed by atoms with E-state index in [-0.39, 0.29) is 11.5 Å². The molecule has 3 rings (SSSR count). The third-order valence-electron chi connectivity index (χ3n) is 4.15. The van der Waals surface area contributed by atoms with E-state index >= 15 is 0 Å². The summed E-state index contributed by atoms with van der Waals surface area (Å²) in [5.74, 6) is 0.384. The maximum Gasteiger partial charge on any atom is 0.155 e. The predicted octanol–water partition coefficient (Wildman–Crippen LogP) is 3.50. The van der Waals surface area contributed by atoms with E-state index < -0.39 is 9.84 Å². The van der Waals surface area contributed by atoms with Gasteiger partial charge in [-0.25, -0.2) is 8.42 Å². The fourth-order valence-corrected chi connectivity index (χ4v) is 5.31. The van der Waals surface area contributed by atoms with E-state index in [0.717, 1.165) is 24.9 Å². The summed E-state index contributed by atoms with van der Waals surface area (Å²) in [6, 6.07) is 14.1. The number of benzene rings is 1. The molecular formula is C17H21NO2S2. The molecule has 0 bridgehead atoms. The number of thiophene rings is 1. The summed E-state index contributed by atoms with van der Waals surface area (Å²) in [5, 5.41) is 2.10. The van der Waals surface area contributed by atoms with E-state index in [2.05, 4.69) is 22.4 Å². The van der Waals surface area contributed by atoms with Gasteiger partial charge in [-0.3, -0.25) is 4.90 Å². The van der Waals surface area contributed by atoms with Gasteiger partial charge in [0.2, 0.25) is 0 Å². The van der Waals surface area contributed by atoms with Gasteiger partial charge in [-0.05, 0) is 36.4 Å². The van der Waals surface area contributed by atoms with Crippen molar-refractivity contribution in [2.24, 2.45) is 0 Å². The Morgan fingerprint density at radius 3 is 2.68 bits per heavy atom. The van der Waals surface area contributed by atoms with Crippen molar-refractivity contribution in [2.75, 3.05) is 18.8 Å². The molecule has 0 aliphatic carbocycles. The zero-order valence-electron chi connectivity index (χ0n) is 12.5. The van der Waals surface area contributed by atoms with Gasteiger partial charge in [0, 0.05) is 17.5 Å². The van der Waals surface area contributed by atoms with E-state index in [1.54, 1.807) is 11.3 Å². The lowest BCUT2D eigenvalue weighted by Crippen LogP contribution is -2.29. The molecule has 1 aromatic carbocycles. The third-order valence-corrected chi connectivity index (χ3v) is 6.71. The summed E-state index contributed by atoms with van der Waals surface area (Å²) in [6.45, 7) is 1.64. The van der Waals surface area contributed by atoms with Crippen LogP contribution in [-0.2, 0) is 15.6 Å². The molecular weight excluding hydrogens is 314 g/mol. The van der Waals surface area contributed by atoms with E-state index in [4.69, 9.17) is 0 Å². The van der Waals surface area contributed by atoms with Gasteiger partial charge >= 0.3 is 0 Å². The first-order valence-electron chi connectivity index (χ1n) is 7.66. The van der Waals surface area contributed by atoms with Crippen LogP contribution >= 0.6 is 11.3 Å². The molecule has 118 valence electrons. The van der Waals surface area contributed by atoms with Crippen molar-refractivity contribution < 1.29 is 8.42 Å². The van der Waals surface area contributed by atoms with Crippen LogP contribution in [-0.4, -0.2) is 32.2 Å². The molecule has 2 heterocycles. The summed E-state index contributed by atoms with van der Waals surface area (Å²) in [5.41, 5.74) is 0.874. The van der Waals surface area contributed by atoms with Crippen LogP contribution < -0.4 is 0 Å². The molecule has 0 N–H and O–H groups in total. The first-order chi connectivity index (χ1) is 10.6. The van der Waals surface area contributed by atoms with Crippen LogP contribution in [0.2, 0.25) is 0 Å². The minimum Gasteiger partial charge on any atom is -0.295 e. The van der Waals surface area contributed by atoms with Crippen LogP contribution in [0.15, 0.2) is 47.8 Å². The monoisotopic (exact) mass is 335 g/mol.